The van der Waals surface area contributed by atoms with Crippen LogP contribution in [0.1, 0.15) is 30.2 Å². The first-order valence-corrected chi connectivity index (χ1v) is 5.26. The topological polar surface area (TPSA) is 39.6 Å². The molecule has 1 atom stereocenters. The molecule has 0 aromatic carbocycles. The molecule has 1 unspecified atom stereocenters. The van der Waals surface area contributed by atoms with Crippen LogP contribution in [-0.4, -0.2) is 4.98 Å². The van der Waals surface area contributed by atoms with E-state index in [0.717, 1.165) is 18.8 Å². The Kier molecular flexibility index (Phi) is 2.39. The predicted octanol–water partition coefficient (Wildman–Crippen LogP) is 2.74. The first kappa shape index (κ1) is 9.42. The molecule has 1 aliphatic carbocycles. The minimum Gasteiger partial charge on any atom is -0.349 e. The molecule has 0 bridgehead atoms. The summed E-state index contributed by atoms with van der Waals surface area (Å²) in [4.78, 5) is 3.17. The molecule has 0 radical (unpaired) electrons. The van der Waals surface area contributed by atoms with Crippen LogP contribution in [0.3, 0.4) is 0 Å². The van der Waals surface area contributed by atoms with Crippen molar-refractivity contribution in [2.75, 3.05) is 0 Å². The summed E-state index contributed by atoms with van der Waals surface area (Å²) in [6.07, 6.45) is 3.34. The van der Waals surface area contributed by atoms with E-state index < -0.39 is 0 Å². The van der Waals surface area contributed by atoms with Gasteiger partial charge in [-0.3, -0.25) is 0 Å². The van der Waals surface area contributed by atoms with Crippen molar-refractivity contribution < 1.29 is 0 Å². The molecule has 2 rings (SSSR count). The number of hydrogen-bond donors (Lipinski definition) is 1. The Morgan fingerprint density at radius 1 is 1.64 bits per heavy atom. The number of hydrogen-bond acceptors (Lipinski definition) is 2. The summed E-state index contributed by atoms with van der Waals surface area (Å²) in [5, 5.41) is 8.84. The van der Waals surface area contributed by atoms with Gasteiger partial charge in [0.2, 0.25) is 0 Å². The molecule has 72 valence electrons. The molecule has 0 amide bonds. The van der Waals surface area contributed by atoms with Gasteiger partial charge in [-0.2, -0.15) is 5.26 Å². The summed E-state index contributed by atoms with van der Waals surface area (Å²) < 4.78 is 0.584. The number of fused-ring (bicyclic) bond motifs is 1. The van der Waals surface area contributed by atoms with E-state index >= 15 is 0 Å². The standard InChI is InChI=1S/C11H12N2S/c1-7-2-3-8-5-9(6-12)11(14)13-10(8)4-7/h5,7H,2-4H2,1H3,(H,13,14). The summed E-state index contributed by atoms with van der Waals surface area (Å²) in [6.45, 7) is 2.25. The van der Waals surface area contributed by atoms with Crippen LogP contribution in [0.15, 0.2) is 6.07 Å². The first-order valence-electron chi connectivity index (χ1n) is 4.86. The molecule has 1 N–H and O–H groups in total. The van der Waals surface area contributed by atoms with Crippen LogP contribution in [0.2, 0.25) is 0 Å². The van der Waals surface area contributed by atoms with Crippen LogP contribution in [0.25, 0.3) is 0 Å². The lowest BCUT2D eigenvalue weighted by molar-refractivity contribution is 0.491. The highest BCUT2D eigenvalue weighted by Gasteiger charge is 2.16. The molecule has 3 heteroatoms. The maximum absolute atomic E-state index is 8.84. The molecule has 1 aromatic heterocycles. The summed E-state index contributed by atoms with van der Waals surface area (Å²) >= 11 is 5.10. The molecule has 0 spiro atoms. The van der Waals surface area contributed by atoms with Crippen LogP contribution in [0.4, 0.5) is 0 Å². The molecule has 2 nitrogen and oxygen atoms in total. The van der Waals surface area contributed by atoms with Crippen molar-refractivity contribution in [1.82, 2.24) is 4.98 Å². The summed E-state index contributed by atoms with van der Waals surface area (Å²) in [5.41, 5.74) is 3.11. The summed E-state index contributed by atoms with van der Waals surface area (Å²) in [6, 6.07) is 4.07. The normalized spacial score (nSPS) is 19.9. The van der Waals surface area contributed by atoms with E-state index in [1.807, 2.05) is 6.07 Å². The largest absolute Gasteiger partial charge is 0.349 e. The smallest absolute Gasteiger partial charge is 0.121 e. The van der Waals surface area contributed by atoms with E-state index in [9.17, 15) is 0 Å². The van der Waals surface area contributed by atoms with Crippen LogP contribution in [0.5, 0.6) is 0 Å². The van der Waals surface area contributed by atoms with Gasteiger partial charge >= 0.3 is 0 Å². The van der Waals surface area contributed by atoms with Gasteiger partial charge in [0.1, 0.15) is 10.7 Å². The molecule has 1 aliphatic rings. The van der Waals surface area contributed by atoms with Crippen molar-refractivity contribution in [2.45, 2.75) is 26.2 Å². The number of H-pyrrole nitrogens is 1. The molecule has 1 heterocycles. The highest BCUT2D eigenvalue weighted by molar-refractivity contribution is 7.71. The van der Waals surface area contributed by atoms with E-state index in [2.05, 4.69) is 18.0 Å². The van der Waals surface area contributed by atoms with Gasteiger partial charge in [0.25, 0.3) is 0 Å². The minimum atomic E-state index is 0.584. The van der Waals surface area contributed by atoms with Crippen molar-refractivity contribution in [3.8, 4) is 6.07 Å². The van der Waals surface area contributed by atoms with Gasteiger partial charge in [0.05, 0.1) is 5.56 Å². The van der Waals surface area contributed by atoms with Gasteiger partial charge < -0.3 is 4.98 Å². The number of aromatic nitrogens is 1. The van der Waals surface area contributed by atoms with Crippen molar-refractivity contribution in [2.24, 2.45) is 5.92 Å². The van der Waals surface area contributed by atoms with E-state index in [1.54, 1.807) is 0 Å². The SMILES string of the molecule is CC1CCc2cc(C#N)c(=S)[nH]c2C1. The summed E-state index contributed by atoms with van der Waals surface area (Å²) in [5.74, 6) is 0.723. The highest BCUT2D eigenvalue weighted by atomic mass is 32.1. The Balaban J connectivity index is 2.52. The van der Waals surface area contributed by atoms with Gasteiger partial charge in [-0.15, -0.1) is 0 Å². The summed E-state index contributed by atoms with van der Waals surface area (Å²) in [7, 11) is 0. The van der Waals surface area contributed by atoms with Crippen molar-refractivity contribution >= 4 is 12.2 Å². The van der Waals surface area contributed by atoms with Gasteiger partial charge in [-0.1, -0.05) is 19.1 Å². The van der Waals surface area contributed by atoms with E-state index in [1.165, 1.54) is 17.7 Å². The van der Waals surface area contributed by atoms with Gasteiger partial charge in [-0.05, 0) is 36.8 Å². The highest BCUT2D eigenvalue weighted by Crippen LogP contribution is 2.24. The fourth-order valence-corrected chi connectivity index (χ4v) is 2.18. The quantitative estimate of drug-likeness (QED) is 0.660. The number of aryl methyl sites for hydroxylation is 1. The third-order valence-corrected chi connectivity index (χ3v) is 3.12. The maximum Gasteiger partial charge on any atom is 0.121 e. The molecular formula is C11H12N2S. The number of nitrogens with zero attached hydrogens (tertiary/aromatic N) is 1. The van der Waals surface area contributed by atoms with Crippen LogP contribution >= 0.6 is 12.2 Å². The Labute approximate surface area is 88.6 Å². The van der Waals surface area contributed by atoms with E-state index in [4.69, 9.17) is 17.5 Å². The predicted molar refractivity (Wildman–Crippen MR) is 57.5 cm³/mol. The Morgan fingerprint density at radius 3 is 3.14 bits per heavy atom. The van der Waals surface area contributed by atoms with E-state index in [0.29, 0.717) is 10.2 Å². The van der Waals surface area contributed by atoms with Crippen molar-refractivity contribution in [1.29, 1.82) is 5.26 Å². The second-order valence-electron chi connectivity index (χ2n) is 3.98. The Hall–Kier alpha value is -1.14. The molecule has 0 aliphatic heterocycles. The monoisotopic (exact) mass is 204 g/mol. The second kappa shape index (κ2) is 3.55. The third-order valence-electron chi connectivity index (χ3n) is 2.79. The number of rotatable bonds is 0. The average molecular weight is 204 g/mol. The zero-order valence-electron chi connectivity index (χ0n) is 8.13. The Morgan fingerprint density at radius 2 is 2.43 bits per heavy atom. The maximum atomic E-state index is 8.84. The lowest BCUT2D eigenvalue weighted by Gasteiger charge is -2.21. The molecule has 0 saturated heterocycles. The lowest BCUT2D eigenvalue weighted by Crippen LogP contribution is -2.13. The minimum absolute atomic E-state index is 0.584. The number of nitrogens with one attached hydrogen (secondary N) is 1. The van der Waals surface area contributed by atoms with Gasteiger partial charge in [-0.25, -0.2) is 0 Å². The zero-order valence-corrected chi connectivity index (χ0v) is 8.95. The van der Waals surface area contributed by atoms with Crippen LogP contribution < -0.4 is 0 Å². The average Bonchev–Trinajstić information content (AvgIpc) is 2.16. The van der Waals surface area contributed by atoms with Crippen LogP contribution in [0, 0.1) is 21.9 Å². The third kappa shape index (κ3) is 1.58. The molecule has 0 fully saturated rings. The Bertz CT molecular complexity index is 453. The van der Waals surface area contributed by atoms with Gasteiger partial charge in [0.15, 0.2) is 0 Å². The lowest BCUT2D eigenvalue weighted by atomic mass is 9.88. The molecular weight excluding hydrogens is 192 g/mol. The molecule has 14 heavy (non-hydrogen) atoms. The first-order chi connectivity index (χ1) is 6.70. The van der Waals surface area contributed by atoms with Crippen molar-refractivity contribution in [3.05, 3.63) is 27.5 Å². The molecule has 0 saturated carbocycles. The number of aromatic amines is 1. The van der Waals surface area contributed by atoms with Gasteiger partial charge in [0, 0.05) is 5.69 Å². The zero-order chi connectivity index (χ0) is 10.1. The van der Waals surface area contributed by atoms with Crippen molar-refractivity contribution in [3.63, 3.8) is 0 Å². The van der Waals surface area contributed by atoms with E-state index in [-0.39, 0.29) is 0 Å². The van der Waals surface area contributed by atoms with Crippen LogP contribution in [-0.2, 0) is 12.8 Å². The number of nitriles is 1. The fraction of sp³-hybridized carbons (Fsp3) is 0.455. The fourth-order valence-electron chi connectivity index (χ4n) is 1.95. The number of pyridine rings is 1. The molecule has 1 aromatic rings. The second-order valence-corrected chi connectivity index (χ2v) is 4.38.